The minimum atomic E-state index is -5.44. The van der Waals surface area contributed by atoms with Crippen LogP contribution in [0.3, 0.4) is 0 Å². The second kappa shape index (κ2) is 21.8. The fourth-order valence-electron chi connectivity index (χ4n) is 6.10. The first-order valence-corrected chi connectivity index (χ1v) is 27.9. The van der Waals surface area contributed by atoms with Crippen LogP contribution in [-0.2, 0) is 50.6 Å². The second-order valence-electron chi connectivity index (χ2n) is 14.7. The molecular formula is C38H28Cl2N14O18S5. The van der Waals surface area contributed by atoms with Crippen molar-refractivity contribution in [3.05, 3.63) is 141 Å². The zero-order valence-corrected chi connectivity index (χ0v) is 42.8. The Labute approximate surface area is 439 Å². The molecule has 0 unspecified atom stereocenters. The van der Waals surface area contributed by atoms with Crippen LogP contribution in [0.5, 0.6) is 5.75 Å². The summed E-state index contributed by atoms with van der Waals surface area (Å²) in [7, 11) is -25.5. The summed E-state index contributed by atoms with van der Waals surface area (Å²) >= 11 is 12.2. The highest BCUT2D eigenvalue weighted by Crippen LogP contribution is 2.39. The number of aromatic hydroxyl groups is 1. The monoisotopic (exact) mass is 1200 g/mol. The van der Waals surface area contributed by atoms with Crippen LogP contribution in [0.15, 0.2) is 157 Å². The molecule has 0 aliphatic rings. The first kappa shape index (κ1) is 56.5. The van der Waals surface area contributed by atoms with Gasteiger partial charge in [0, 0.05) is 5.56 Å². The number of azo groups is 1. The van der Waals surface area contributed by atoms with Crippen LogP contribution in [0.4, 0.5) is 34.1 Å². The largest absolute Gasteiger partial charge is 0.504 e. The summed E-state index contributed by atoms with van der Waals surface area (Å²) in [6.07, 6.45) is 0. The zero-order valence-electron chi connectivity index (χ0n) is 37.2. The van der Waals surface area contributed by atoms with Gasteiger partial charge in [-0.2, -0.15) is 57.2 Å². The van der Waals surface area contributed by atoms with Crippen LogP contribution in [-0.4, -0.2) is 117 Å². The second-order valence-corrected chi connectivity index (χ2v) is 22.5. The smallest absolute Gasteiger partial charge is 0.337 e. The number of H-pyrrole nitrogens is 4. The number of hydrogen-bond donors (Lipinski definition) is 12. The number of carbonyl (C=O) groups is 1. The summed E-state index contributed by atoms with van der Waals surface area (Å²) < 4.78 is 172. The average molecular weight is 1200 g/mol. The van der Waals surface area contributed by atoms with Crippen LogP contribution in [0.25, 0.3) is 0 Å². The van der Waals surface area contributed by atoms with Crippen molar-refractivity contribution in [2.75, 3.05) is 5.43 Å². The highest BCUT2D eigenvalue weighted by atomic mass is 35.5. The van der Waals surface area contributed by atoms with Gasteiger partial charge in [0.15, 0.2) is 5.75 Å². The Morgan fingerprint density at radius 2 is 1.05 bits per heavy atom. The van der Waals surface area contributed by atoms with Gasteiger partial charge in [0.05, 0.1) is 43.0 Å². The van der Waals surface area contributed by atoms with Crippen LogP contribution in [0.1, 0.15) is 15.9 Å². The molecule has 0 amide bonds. The van der Waals surface area contributed by atoms with Gasteiger partial charge in [-0.25, -0.2) is 24.8 Å². The lowest BCUT2D eigenvalue weighted by molar-refractivity contribution is 0.0697. The van der Waals surface area contributed by atoms with Crippen molar-refractivity contribution in [3.63, 3.8) is 0 Å². The molecule has 7 aromatic rings. The molecule has 0 aliphatic carbocycles. The molecule has 0 fully saturated rings. The first-order chi connectivity index (χ1) is 35.8. The molecule has 2 heterocycles. The SMILES string of the molecule is O=C(O)c1cc(S(=O)(=O)O)ccc1N/N=C(\N=Nc1cc(S(=O)(=O)O)cc(N=c2[nH]c(Cl)nc(=Nc3cc(S(=O)(=O)O)c(N=c4[nH]c(Cl)nc(=Nc5cccc(S(=O)(=O)O)c5)[nH]4)cc3S(=O)(=O)O)[nH]2)c1O)c1ccccc1. The van der Waals surface area contributed by atoms with Gasteiger partial charge in [-0.1, -0.05) is 36.4 Å². The van der Waals surface area contributed by atoms with E-state index in [9.17, 15) is 79.9 Å². The number of phenolic OH excluding ortho intramolecular Hbond substituents is 1. The highest BCUT2D eigenvalue weighted by molar-refractivity contribution is 7.87. The number of aromatic amines is 4. The molecule has 0 radical (unpaired) electrons. The number of benzene rings is 5. The summed E-state index contributed by atoms with van der Waals surface area (Å²) in [6, 6.07) is 16.5. The van der Waals surface area contributed by atoms with Crippen LogP contribution in [0.2, 0.25) is 10.6 Å². The van der Waals surface area contributed by atoms with Gasteiger partial charge < -0.3 is 20.2 Å². The maximum Gasteiger partial charge on any atom is 0.337 e. The molecule has 402 valence electrons. The van der Waals surface area contributed by atoms with E-state index in [1.54, 1.807) is 6.07 Å². The van der Waals surface area contributed by atoms with Crippen LogP contribution in [0, 0.1) is 0 Å². The van der Waals surface area contributed by atoms with Gasteiger partial charge in [0.1, 0.15) is 21.2 Å². The quantitative estimate of drug-likeness (QED) is 0.0244. The molecule has 0 spiro atoms. The summed E-state index contributed by atoms with van der Waals surface area (Å²) in [5.41, 5.74) is -4.34. The number of aromatic carboxylic acids is 1. The van der Waals surface area contributed by atoms with Crippen molar-refractivity contribution in [3.8, 4) is 5.75 Å². The average Bonchev–Trinajstić information content (AvgIpc) is 3.32. The van der Waals surface area contributed by atoms with Crippen molar-refractivity contribution < 1.29 is 79.9 Å². The Morgan fingerprint density at radius 1 is 0.532 bits per heavy atom. The third kappa shape index (κ3) is 14.4. The first-order valence-electron chi connectivity index (χ1n) is 19.9. The minimum absolute atomic E-state index is 0.116. The number of amidine groups is 1. The van der Waals surface area contributed by atoms with E-state index >= 15 is 0 Å². The van der Waals surface area contributed by atoms with Gasteiger partial charge in [-0.3, -0.25) is 38.2 Å². The lowest BCUT2D eigenvalue weighted by Crippen LogP contribution is -2.27. The molecule has 0 saturated carbocycles. The lowest BCUT2D eigenvalue weighted by atomic mass is 10.2. The Balaban J connectivity index is 1.34. The van der Waals surface area contributed by atoms with Gasteiger partial charge in [-0.15, -0.1) is 10.2 Å². The Bertz CT molecular complexity index is 4550. The molecule has 0 saturated heterocycles. The standard InChI is InChI=1S/C38H28Cl2N14O18S5/c39-33-45-35(41-18-7-4-8-19(11-18)73(58,59)60)49-36(46-33)42-24-15-29(77(70,71)72)25(16-28(24)76(67,68)69)43-37-47-34(40)48-38(50-37)44-26-13-21(75(64,65)66)14-27(30(26)55)52-54-31(17-5-2-1-3-6-17)53-51-23-10-9-20(74(61,62)63)12-22(23)32(56)57/h1-16,51,55H,(H,56,57)(H,58,59,60)(H,61,62,63)(H,64,65,66)(H,67,68,69)(H,70,71,72)(H2,41,42,45,46,49)(H2,43,44,47,48,50)/b53-31-,54-52?. The van der Waals surface area contributed by atoms with Crippen molar-refractivity contribution in [2.24, 2.45) is 35.3 Å². The Kier molecular flexibility index (Phi) is 16.0. The zero-order chi connectivity index (χ0) is 56.4. The Hall–Kier alpha value is -8.21. The topological polar surface area (TPSA) is 517 Å². The fraction of sp³-hybridized carbons (Fsp3) is 0. The van der Waals surface area contributed by atoms with E-state index < -0.39 is 154 Å². The van der Waals surface area contributed by atoms with Crippen molar-refractivity contribution in [1.82, 2.24) is 29.9 Å². The summed E-state index contributed by atoms with van der Waals surface area (Å²) in [6.45, 7) is 0. The minimum Gasteiger partial charge on any atom is -0.504 e. The third-order valence-corrected chi connectivity index (χ3v) is 14.0. The number of phenols is 1. The molecule has 2 aromatic heterocycles. The van der Waals surface area contributed by atoms with Crippen LogP contribution >= 0.6 is 23.2 Å². The molecule has 32 nitrogen and oxygen atoms in total. The Morgan fingerprint density at radius 3 is 1.60 bits per heavy atom. The molecule has 0 atom stereocenters. The number of nitrogens with zero attached hydrogens (tertiary/aromatic N) is 9. The maximum absolute atomic E-state index is 12.8. The maximum atomic E-state index is 12.8. The van der Waals surface area contributed by atoms with E-state index in [1.807, 2.05) is 0 Å². The number of halogens is 2. The van der Waals surface area contributed by atoms with Gasteiger partial charge in [0.2, 0.25) is 38.9 Å². The normalized spacial score (nSPS) is 13.9. The van der Waals surface area contributed by atoms with Gasteiger partial charge >= 0.3 is 5.97 Å². The van der Waals surface area contributed by atoms with E-state index in [2.05, 4.69) is 70.6 Å². The number of hydrazone groups is 1. The summed E-state index contributed by atoms with van der Waals surface area (Å²) in [5.74, 6) is -3.02. The number of hydrogen-bond acceptors (Lipinski definition) is 21. The van der Waals surface area contributed by atoms with E-state index in [0.29, 0.717) is 30.3 Å². The number of carboxylic acid groups (broad SMARTS) is 1. The van der Waals surface area contributed by atoms with Crippen molar-refractivity contribution in [2.45, 2.75) is 24.5 Å². The van der Waals surface area contributed by atoms with E-state index in [0.717, 1.165) is 24.3 Å². The molecule has 39 heteroatoms. The van der Waals surface area contributed by atoms with E-state index in [-0.39, 0.29) is 16.9 Å². The van der Waals surface area contributed by atoms with Crippen molar-refractivity contribution >= 4 is 120 Å². The number of carboxylic acids is 1. The summed E-state index contributed by atoms with van der Waals surface area (Å²) in [4.78, 5) is 40.4. The number of aromatic nitrogens is 6. The molecule has 7 rings (SSSR count). The lowest BCUT2D eigenvalue weighted by Gasteiger charge is -2.09. The van der Waals surface area contributed by atoms with Gasteiger partial charge in [-0.05, 0) is 83.9 Å². The van der Waals surface area contributed by atoms with Crippen LogP contribution < -0.4 is 27.9 Å². The molecule has 0 aliphatic heterocycles. The van der Waals surface area contributed by atoms with E-state index in [1.165, 1.54) is 36.4 Å². The molecule has 5 aromatic carbocycles. The predicted molar refractivity (Wildman–Crippen MR) is 261 cm³/mol. The molecule has 0 bridgehead atoms. The summed E-state index contributed by atoms with van der Waals surface area (Å²) in [5, 5.41) is 31.7. The number of anilines is 1. The molecule has 77 heavy (non-hydrogen) atoms. The fourth-order valence-corrected chi connectivity index (χ4v) is 9.24. The van der Waals surface area contributed by atoms with Gasteiger partial charge in [0.25, 0.3) is 50.6 Å². The molecule has 12 N–H and O–H groups in total. The highest BCUT2D eigenvalue weighted by Gasteiger charge is 2.25. The predicted octanol–water partition coefficient (Wildman–Crippen LogP) is 3.22. The third-order valence-electron chi connectivity index (χ3n) is 9.38. The van der Waals surface area contributed by atoms with Crippen molar-refractivity contribution in [1.29, 1.82) is 0 Å². The number of nitrogens with one attached hydrogen (secondary N) is 5. The number of rotatable bonds is 14. The molecular weight excluding hydrogens is 1170 g/mol. The van der Waals surface area contributed by atoms with E-state index in [4.69, 9.17) is 23.2 Å².